The molecule has 0 atom stereocenters. The van der Waals surface area contributed by atoms with Crippen LogP contribution >= 0.6 is 0 Å². The highest BCUT2D eigenvalue weighted by Crippen LogP contribution is 2.29. The summed E-state index contributed by atoms with van der Waals surface area (Å²) in [5, 5.41) is 4.66. The van der Waals surface area contributed by atoms with Crippen LogP contribution in [0.25, 0.3) is 0 Å². The summed E-state index contributed by atoms with van der Waals surface area (Å²) < 4.78 is 8.02. The Morgan fingerprint density at radius 1 is 1.22 bits per heavy atom. The Balaban J connectivity index is 1.44. The fourth-order valence-electron chi connectivity index (χ4n) is 3.60. The van der Waals surface area contributed by atoms with Gasteiger partial charge in [0, 0.05) is 44.5 Å². The van der Waals surface area contributed by atoms with Crippen LogP contribution in [-0.2, 0) is 4.79 Å². The predicted molar refractivity (Wildman–Crippen MR) is 88.7 cm³/mol. The molecule has 0 aromatic carbocycles. The Morgan fingerprint density at radius 3 is 2.65 bits per heavy atom. The van der Waals surface area contributed by atoms with Crippen LogP contribution in [-0.4, -0.2) is 65.3 Å². The molecule has 2 fully saturated rings. The summed E-state index contributed by atoms with van der Waals surface area (Å²) in [6, 6.07) is 2.61. The first-order chi connectivity index (χ1) is 11.3. The summed E-state index contributed by atoms with van der Waals surface area (Å²) in [4.78, 5) is 14.9. The van der Waals surface area contributed by atoms with Crippen LogP contribution in [0.1, 0.15) is 43.8 Å². The Labute approximate surface area is 138 Å². The van der Waals surface area contributed by atoms with Gasteiger partial charge in [-0.05, 0) is 19.8 Å². The third kappa shape index (κ3) is 4.25. The van der Waals surface area contributed by atoms with Crippen molar-refractivity contribution in [2.75, 3.05) is 39.3 Å². The maximum absolute atomic E-state index is 10.7. The van der Waals surface area contributed by atoms with Gasteiger partial charge in [-0.15, -0.1) is 5.10 Å². The fraction of sp³-hybridized carbons (Fsp3) is 0.765. The lowest BCUT2D eigenvalue weighted by atomic mass is 9.95. The van der Waals surface area contributed by atoms with Gasteiger partial charge in [0.15, 0.2) is 0 Å². The van der Waals surface area contributed by atoms with Crippen LogP contribution in [0.3, 0.4) is 0 Å². The summed E-state index contributed by atoms with van der Waals surface area (Å²) in [5.41, 5.74) is 1.20. The van der Waals surface area contributed by atoms with Crippen LogP contribution in [0, 0.1) is 6.92 Å². The summed E-state index contributed by atoms with van der Waals surface area (Å²) in [6.07, 6.45) is 7.40. The van der Waals surface area contributed by atoms with E-state index in [2.05, 4.69) is 27.7 Å². The van der Waals surface area contributed by atoms with Gasteiger partial charge in [0.2, 0.25) is 12.3 Å². The number of hydrogen-bond acceptors (Lipinski definition) is 4. The summed E-state index contributed by atoms with van der Waals surface area (Å²) in [5.74, 6) is 0.750. The highest BCUT2D eigenvalue weighted by molar-refractivity contribution is 5.47. The van der Waals surface area contributed by atoms with Crippen LogP contribution < -0.4 is 4.74 Å². The van der Waals surface area contributed by atoms with E-state index in [4.69, 9.17) is 4.74 Å². The van der Waals surface area contributed by atoms with Gasteiger partial charge >= 0.3 is 0 Å². The van der Waals surface area contributed by atoms with Crippen LogP contribution in [0.2, 0.25) is 0 Å². The average Bonchev–Trinajstić information content (AvgIpc) is 2.97. The Morgan fingerprint density at radius 2 is 1.96 bits per heavy atom. The lowest BCUT2D eigenvalue weighted by Gasteiger charge is -2.32. The van der Waals surface area contributed by atoms with E-state index in [1.54, 1.807) is 0 Å². The Hall–Kier alpha value is -1.56. The first-order valence-corrected chi connectivity index (χ1v) is 8.87. The van der Waals surface area contributed by atoms with Crippen molar-refractivity contribution in [1.82, 2.24) is 19.6 Å². The molecule has 2 heterocycles. The molecule has 0 bridgehead atoms. The number of amides is 1. The van der Waals surface area contributed by atoms with E-state index in [1.807, 2.05) is 4.90 Å². The predicted octanol–water partition coefficient (Wildman–Crippen LogP) is 1.85. The van der Waals surface area contributed by atoms with Gasteiger partial charge in [0.05, 0.1) is 6.04 Å². The SMILES string of the molecule is Cc1cc(OCCN2CCN(C=O)CC2)nn1C1CCCCC1. The van der Waals surface area contributed by atoms with E-state index < -0.39 is 0 Å². The molecular formula is C17H28N4O2. The number of aryl methyl sites for hydroxylation is 1. The van der Waals surface area contributed by atoms with Crippen molar-refractivity contribution in [3.8, 4) is 5.88 Å². The number of ether oxygens (including phenoxy) is 1. The maximum Gasteiger partial charge on any atom is 0.233 e. The van der Waals surface area contributed by atoms with Gasteiger partial charge in [0.1, 0.15) is 6.61 Å². The Kier molecular flexibility index (Phi) is 5.54. The van der Waals surface area contributed by atoms with Gasteiger partial charge in [-0.1, -0.05) is 19.3 Å². The molecule has 0 radical (unpaired) electrons. The lowest BCUT2D eigenvalue weighted by molar-refractivity contribution is -0.119. The monoisotopic (exact) mass is 320 g/mol. The van der Waals surface area contributed by atoms with Crippen molar-refractivity contribution < 1.29 is 9.53 Å². The summed E-state index contributed by atoms with van der Waals surface area (Å²) in [7, 11) is 0. The molecule has 6 heteroatoms. The standard InChI is InChI=1S/C17H28N4O2/c1-15-13-17(18-21(15)16-5-3-2-4-6-16)23-12-11-19-7-9-20(14-22)10-8-19/h13-14,16H,2-12H2,1H3. The van der Waals surface area contributed by atoms with Crippen molar-refractivity contribution >= 4 is 6.41 Å². The lowest BCUT2D eigenvalue weighted by Crippen LogP contribution is -2.46. The number of rotatable bonds is 6. The molecular weight excluding hydrogens is 292 g/mol. The summed E-state index contributed by atoms with van der Waals surface area (Å²) in [6.45, 7) is 7.16. The molecule has 1 amide bonds. The van der Waals surface area contributed by atoms with Crippen molar-refractivity contribution in [3.63, 3.8) is 0 Å². The quantitative estimate of drug-likeness (QED) is 0.751. The highest BCUT2D eigenvalue weighted by atomic mass is 16.5. The first kappa shape index (κ1) is 16.3. The first-order valence-electron chi connectivity index (χ1n) is 8.87. The smallest absolute Gasteiger partial charge is 0.233 e. The highest BCUT2D eigenvalue weighted by Gasteiger charge is 2.19. The minimum atomic E-state index is 0.553. The number of nitrogens with zero attached hydrogens (tertiary/aromatic N) is 4. The zero-order valence-electron chi connectivity index (χ0n) is 14.1. The maximum atomic E-state index is 10.7. The zero-order valence-corrected chi connectivity index (χ0v) is 14.1. The molecule has 1 aliphatic heterocycles. The van der Waals surface area contributed by atoms with Gasteiger partial charge in [-0.3, -0.25) is 14.4 Å². The van der Waals surface area contributed by atoms with Crippen molar-refractivity contribution in [2.45, 2.75) is 45.1 Å². The average molecular weight is 320 g/mol. The minimum Gasteiger partial charge on any atom is -0.475 e. The normalized spacial score (nSPS) is 20.7. The topological polar surface area (TPSA) is 50.6 Å². The van der Waals surface area contributed by atoms with E-state index in [0.29, 0.717) is 12.6 Å². The van der Waals surface area contributed by atoms with Gasteiger partial charge in [-0.2, -0.15) is 0 Å². The summed E-state index contributed by atoms with van der Waals surface area (Å²) >= 11 is 0. The largest absolute Gasteiger partial charge is 0.475 e. The molecule has 1 aromatic heterocycles. The second-order valence-corrected chi connectivity index (χ2v) is 6.69. The zero-order chi connectivity index (χ0) is 16.1. The third-order valence-electron chi connectivity index (χ3n) is 5.03. The minimum absolute atomic E-state index is 0.553. The van der Waals surface area contributed by atoms with Gasteiger partial charge < -0.3 is 9.64 Å². The molecule has 128 valence electrons. The number of aromatic nitrogens is 2. The van der Waals surface area contributed by atoms with E-state index in [-0.39, 0.29) is 0 Å². The second-order valence-electron chi connectivity index (χ2n) is 6.69. The van der Waals surface area contributed by atoms with Gasteiger partial charge in [0.25, 0.3) is 0 Å². The molecule has 23 heavy (non-hydrogen) atoms. The number of carbonyl (C=O) groups is 1. The van der Waals surface area contributed by atoms with E-state index in [1.165, 1.54) is 37.8 Å². The molecule has 6 nitrogen and oxygen atoms in total. The molecule has 0 N–H and O–H groups in total. The second kappa shape index (κ2) is 7.81. The molecule has 0 unspecified atom stereocenters. The number of piperazine rings is 1. The van der Waals surface area contributed by atoms with Crippen molar-refractivity contribution in [1.29, 1.82) is 0 Å². The van der Waals surface area contributed by atoms with Crippen LogP contribution in [0.4, 0.5) is 0 Å². The van der Waals surface area contributed by atoms with E-state index >= 15 is 0 Å². The van der Waals surface area contributed by atoms with Crippen LogP contribution in [0.15, 0.2) is 6.07 Å². The van der Waals surface area contributed by atoms with Crippen molar-refractivity contribution in [3.05, 3.63) is 11.8 Å². The fourth-order valence-corrected chi connectivity index (χ4v) is 3.60. The van der Waals surface area contributed by atoms with Crippen LogP contribution in [0.5, 0.6) is 5.88 Å². The molecule has 1 saturated heterocycles. The molecule has 1 aliphatic carbocycles. The van der Waals surface area contributed by atoms with E-state index in [9.17, 15) is 4.79 Å². The number of carbonyl (C=O) groups excluding carboxylic acids is 1. The van der Waals surface area contributed by atoms with Crippen molar-refractivity contribution in [2.24, 2.45) is 0 Å². The molecule has 1 saturated carbocycles. The van der Waals surface area contributed by atoms with E-state index in [0.717, 1.165) is 45.0 Å². The third-order valence-corrected chi connectivity index (χ3v) is 5.03. The number of hydrogen-bond donors (Lipinski definition) is 0. The Bertz CT molecular complexity index is 503. The molecule has 1 aromatic rings. The molecule has 0 spiro atoms. The van der Waals surface area contributed by atoms with Gasteiger partial charge in [-0.25, -0.2) is 0 Å². The molecule has 3 rings (SSSR count). The molecule has 2 aliphatic rings.